The van der Waals surface area contributed by atoms with Crippen LogP contribution in [0.4, 0.5) is 0 Å². The highest BCUT2D eigenvalue weighted by Crippen LogP contribution is 2.23. The molecule has 1 aliphatic rings. The first kappa shape index (κ1) is 13.0. The molecule has 0 aromatic heterocycles. The number of nitrogens with one attached hydrogen (secondary N) is 1. The van der Waals surface area contributed by atoms with Crippen LogP contribution >= 0.6 is 12.4 Å². The molecule has 0 spiro atoms. The molecule has 1 atom stereocenters. The Bertz CT molecular complexity index is 345. The van der Waals surface area contributed by atoms with Gasteiger partial charge < -0.3 is 10.1 Å². The highest BCUT2D eigenvalue weighted by atomic mass is 35.5. The van der Waals surface area contributed by atoms with Crippen molar-refractivity contribution in [2.45, 2.75) is 18.9 Å². The summed E-state index contributed by atoms with van der Waals surface area (Å²) in [6.45, 7) is 1.09. The van der Waals surface area contributed by atoms with Gasteiger partial charge in [-0.25, -0.2) is 4.79 Å². The molecular weight excluding hydrogens is 226 g/mol. The molecule has 1 N–H and O–H groups in total. The molecule has 1 saturated heterocycles. The Labute approximate surface area is 102 Å². The average Bonchev–Trinajstić information content (AvgIpc) is 2.82. The zero-order valence-electron chi connectivity index (χ0n) is 9.23. The number of hydrogen-bond donors (Lipinski definition) is 1. The number of benzene rings is 1. The smallest absolute Gasteiger partial charge is 0.337 e. The zero-order chi connectivity index (χ0) is 10.7. The van der Waals surface area contributed by atoms with Gasteiger partial charge in [0.1, 0.15) is 0 Å². The third-order valence-electron chi connectivity index (χ3n) is 2.79. The first-order valence-electron chi connectivity index (χ1n) is 5.23. The molecule has 2 rings (SSSR count). The Balaban J connectivity index is 0.00000128. The van der Waals surface area contributed by atoms with Crippen LogP contribution in [-0.4, -0.2) is 19.6 Å². The van der Waals surface area contributed by atoms with E-state index in [1.54, 1.807) is 0 Å². The van der Waals surface area contributed by atoms with E-state index in [1.165, 1.54) is 25.5 Å². The van der Waals surface area contributed by atoms with E-state index in [2.05, 4.69) is 10.1 Å². The van der Waals surface area contributed by atoms with Crippen molar-refractivity contribution in [1.29, 1.82) is 0 Å². The van der Waals surface area contributed by atoms with E-state index in [1.807, 2.05) is 24.3 Å². The SMILES string of the molecule is COC(=O)c1ccc(C2CCCN2)cc1.Cl. The van der Waals surface area contributed by atoms with Crippen LogP contribution in [0.2, 0.25) is 0 Å². The number of rotatable bonds is 2. The van der Waals surface area contributed by atoms with E-state index in [0.717, 1.165) is 6.54 Å². The van der Waals surface area contributed by atoms with Crippen LogP contribution in [-0.2, 0) is 4.74 Å². The van der Waals surface area contributed by atoms with Crippen molar-refractivity contribution in [3.05, 3.63) is 35.4 Å². The molecule has 1 heterocycles. The summed E-state index contributed by atoms with van der Waals surface area (Å²) in [4.78, 5) is 11.2. The van der Waals surface area contributed by atoms with Gasteiger partial charge in [0.15, 0.2) is 0 Å². The van der Waals surface area contributed by atoms with Crippen molar-refractivity contribution in [3.8, 4) is 0 Å². The number of ether oxygens (including phenoxy) is 1. The number of esters is 1. The zero-order valence-corrected chi connectivity index (χ0v) is 10.0. The van der Waals surface area contributed by atoms with Gasteiger partial charge in [0.2, 0.25) is 0 Å². The van der Waals surface area contributed by atoms with E-state index < -0.39 is 0 Å². The molecule has 1 aromatic carbocycles. The highest BCUT2D eigenvalue weighted by Gasteiger charge is 2.16. The summed E-state index contributed by atoms with van der Waals surface area (Å²) >= 11 is 0. The van der Waals surface area contributed by atoms with Gasteiger partial charge in [-0.05, 0) is 37.1 Å². The van der Waals surface area contributed by atoms with Crippen molar-refractivity contribution < 1.29 is 9.53 Å². The normalized spacial score (nSPS) is 18.9. The molecule has 0 radical (unpaired) electrons. The molecule has 1 unspecified atom stereocenters. The summed E-state index contributed by atoms with van der Waals surface area (Å²) in [5, 5.41) is 3.42. The van der Waals surface area contributed by atoms with E-state index in [-0.39, 0.29) is 18.4 Å². The summed E-state index contributed by atoms with van der Waals surface area (Å²) in [7, 11) is 1.40. The summed E-state index contributed by atoms with van der Waals surface area (Å²) in [6, 6.07) is 8.09. The molecule has 88 valence electrons. The van der Waals surface area contributed by atoms with Crippen LogP contribution in [0.1, 0.15) is 34.8 Å². The molecule has 0 bridgehead atoms. The number of methoxy groups -OCH3 is 1. The monoisotopic (exact) mass is 241 g/mol. The van der Waals surface area contributed by atoms with Crippen molar-refractivity contribution >= 4 is 18.4 Å². The van der Waals surface area contributed by atoms with E-state index in [0.29, 0.717) is 11.6 Å². The van der Waals surface area contributed by atoms with Crippen LogP contribution < -0.4 is 5.32 Å². The van der Waals surface area contributed by atoms with E-state index in [9.17, 15) is 4.79 Å². The Kier molecular flexibility index (Phi) is 4.77. The first-order chi connectivity index (χ1) is 7.31. The van der Waals surface area contributed by atoms with E-state index >= 15 is 0 Å². The first-order valence-corrected chi connectivity index (χ1v) is 5.23. The van der Waals surface area contributed by atoms with Gasteiger partial charge in [-0.15, -0.1) is 12.4 Å². The van der Waals surface area contributed by atoms with Crippen LogP contribution in [0.3, 0.4) is 0 Å². The maximum Gasteiger partial charge on any atom is 0.337 e. The van der Waals surface area contributed by atoms with Gasteiger partial charge >= 0.3 is 5.97 Å². The second-order valence-electron chi connectivity index (χ2n) is 3.76. The lowest BCUT2D eigenvalue weighted by atomic mass is 10.0. The molecule has 1 fully saturated rings. The molecule has 0 aliphatic carbocycles. The largest absolute Gasteiger partial charge is 0.465 e. The van der Waals surface area contributed by atoms with Gasteiger partial charge in [-0.1, -0.05) is 12.1 Å². The lowest BCUT2D eigenvalue weighted by Gasteiger charge is -2.10. The number of carbonyl (C=O) groups is 1. The van der Waals surface area contributed by atoms with Crippen molar-refractivity contribution in [2.24, 2.45) is 0 Å². The maximum atomic E-state index is 11.2. The molecule has 4 heteroatoms. The molecule has 1 aliphatic heterocycles. The van der Waals surface area contributed by atoms with Gasteiger partial charge in [-0.3, -0.25) is 0 Å². The lowest BCUT2D eigenvalue weighted by Crippen LogP contribution is -2.13. The summed E-state index contributed by atoms with van der Waals surface area (Å²) in [5.41, 5.74) is 1.86. The predicted molar refractivity (Wildman–Crippen MR) is 65.0 cm³/mol. The Morgan fingerprint density at radius 2 is 2.06 bits per heavy atom. The fourth-order valence-electron chi connectivity index (χ4n) is 1.94. The Morgan fingerprint density at radius 3 is 2.56 bits per heavy atom. The summed E-state index contributed by atoms with van der Waals surface area (Å²) in [6.07, 6.45) is 2.40. The minimum absolute atomic E-state index is 0. The lowest BCUT2D eigenvalue weighted by molar-refractivity contribution is 0.0600. The Morgan fingerprint density at radius 1 is 1.38 bits per heavy atom. The molecule has 3 nitrogen and oxygen atoms in total. The van der Waals surface area contributed by atoms with Crippen LogP contribution in [0.25, 0.3) is 0 Å². The molecule has 0 saturated carbocycles. The maximum absolute atomic E-state index is 11.2. The van der Waals surface area contributed by atoms with Crippen LogP contribution in [0, 0.1) is 0 Å². The number of hydrogen-bond acceptors (Lipinski definition) is 3. The fraction of sp³-hybridized carbons (Fsp3) is 0.417. The van der Waals surface area contributed by atoms with Gasteiger partial charge in [-0.2, -0.15) is 0 Å². The summed E-state index contributed by atoms with van der Waals surface area (Å²) in [5.74, 6) is -0.277. The minimum Gasteiger partial charge on any atom is -0.465 e. The number of halogens is 1. The third kappa shape index (κ3) is 2.74. The van der Waals surface area contributed by atoms with Crippen molar-refractivity contribution in [3.63, 3.8) is 0 Å². The van der Waals surface area contributed by atoms with Crippen molar-refractivity contribution in [1.82, 2.24) is 5.32 Å². The summed E-state index contributed by atoms with van der Waals surface area (Å²) < 4.78 is 4.65. The highest BCUT2D eigenvalue weighted by molar-refractivity contribution is 5.89. The second-order valence-corrected chi connectivity index (χ2v) is 3.76. The van der Waals surface area contributed by atoms with Crippen LogP contribution in [0.5, 0.6) is 0 Å². The molecule has 16 heavy (non-hydrogen) atoms. The predicted octanol–water partition coefficient (Wildman–Crippen LogP) is 2.32. The quantitative estimate of drug-likeness (QED) is 0.808. The van der Waals surface area contributed by atoms with Gasteiger partial charge in [0.25, 0.3) is 0 Å². The molecule has 1 aromatic rings. The van der Waals surface area contributed by atoms with Crippen molar-refractivity contribution in [2.75, 3.05) is 13.7 Å². The minimum atomic E-state index is -0.277. The molecule has 0 amide bonds. The Hall–Kier alpha value is -1.06. The average molecular weight is 242 g/mol. The van der Waals surface area contributed by atoms with Gasteiger partial charge in [0.05, 0.1) is 12.7 Å². The number of carbonyl (C=O) groups excluding carboxylic acids is 1. The van der Waals surface area contributed by atoms with E-state index in [4.69, 9.17) is 0 Å². The molecular formula is C12H16ClNO2. The van der Waals surface area contributed by atoms with Crippen LogP contribution in [0.15, 0.2) is 24.3 Å². The van der Waals surface area contributed by atoms with Gasteiger partial charge in [0, 0.05) is 6.04 Å². The third-order valence-corrected chi connectivity index (χ3v) is 2.79. The topological polar surface area (TPSA) is 38.3 Å². The fourth-order valence-corrected chi connectivity index (χ4v) is 1.94. The second kappa shape index (κ2) is 5.87. The standard InChI is InChI=1S/C12H15NO2.ClH/c1-15-12(14)10-6-4-9(5-7-10)11-3-2-8-13-11;/h4-7,11,13H,2-3,8H2,1H3;1H.